The van der Waals surface area contributed by atoms with E-state index in [2.05, 4.69) is 22.8 Å². The normalized spacial score (nSPS) is 17.9. The van der Waals surface area contributed by atoms with Crippen molar-refractivity contribution in [1.82, 2.24) is 19.2 Å². The number of nitrogens with one attached hydrogen (secondary N) is 2. The zero-order chi connectivity index (χ0) is 60.3. The fourth-order valence-corrected chi connectivity index (χ4v) is 12.8. The van der Waals surface area contributed by atoms with Crippen LogP contribution >= 0.6 is 0 Å². The maximum absolute atomic E-state index is 13.9. The summed E-state index contributed by atoms with van der Waals surface area (Å²) in [6.45, 7) is 13.0. The summed E-state index contributed by atoms with van der Waals surface area (Å²) < 4.78 is 90.5. The van der Waals surface area contributed by atoms with Crippen LogP contribution in [0.5, 0.6) is 11.5 Å². The Bertz CT molecular complexity index is 2950. The van der Waals surface area contributed by atoms with E-state index in [0.717, 1.165) is 17.5 Å². The second-order valence-electron chi connectivity index (χ2n) is 23.1. The van der Waals surface area contributed by atoms with Crippen LogP contribution in [-0.4, -0.2) is 144 Å². The molecule has 6 rings (SSSR count). The highest BCUT2D eigenvalue weighted by Gasteiger charge is 2.44. The van der Waals surface area contributed by atoms with Crippen LogP contribution in [0.25, 0.3) is 0 Å². The van der Waals surface area contributed by atoms with Gasteiger partial charge in [-0.25, -0.2) is 26.4 Å². The molecule has 0 aliphatic carbocycles. The maximum Gasteiger partial charge on any atom is 0.407 e. The average Bonchev–Trinajstić information content (AvgIpc) is 4.21. The summed E-state index contributed by atoms with van der Waals surface area (Å²) in [6, 6.07) is 33.2. The Morgan fingerprint density at radius 1 is 0.646 bits per heavy atom. The molecule has 7 atom stereocenters. The van der Waals surface area contributed by atoms with Crippen molar-refractivity contribution in [3.63, 3.8) is 0 Å². The summed E-state index contributed by atoms with van der Waals surface area (Å²) in [5.41, 5.74) is -0.169. The number of nitriles is 2. The van der Waals surface area contributed by atoms with Gasteiger partial charge in [0.05, 0.1) is 79.6 Å². The summed E-state index contributed by atoms with van der Waals surface area (Å²) in [5, 5.41) is 46.7. The summed E-state index contributed by atoms with van der Waals surface area (Å²) in [6.07, 6.45) is -2.18. The Balaban J connectivity index is 0.000000302. The minimum atomic E-state index is -4.08. The number of ether oxygens (including phenoxy) is 6. The molecule has 0 spiro atoms. The average molecular weight is 1180 g/mol. The van der Waals surface area contributed by atoms with Crippen molar-refractivity contribution in [2.75, 3.05) is 53.6 Å². The van der Waals surface area contributed by atoms with E-state index in [1.807, 2.05) is 88.4 Å². The Morgan fingerprint density at radius 2 is 1.06 bits per heavy atom. The smallest absolute Gasteiger partial charge is 0.407 e. The quantitative estimate of drug-likeness (QED) is 0.0440. The van der Waals surface area contributed by atoms with Crippen LogP contribution in [0, 0.1) is 39.4 Å². The first kappa shape index (κ1) is 66.5. The molecule has 4 N–H and O–H groups in total. The molecule has 2 amide bonds. The molecule has 5 unspecified atom stereocenters. The summed E-state index contributed by atoms with van der Waals surface area (Å²) in [5.74, 6) is 0.970. The van der Waals surface area contributed by atoms with E-state index in [0.29, 0.717) is 30.9 Å². The van der Waals surface area contributed by atoms with E-state index in [4.69, 9.17) is 38.9 Å². The number of rotatable bonds is 27. The number of hydrogen-bond donors (Lipinski definition) is 4. The molecule has 2 aliphatic rings. The van der Waals surface area contributed by atoms with Crippen molar-refractivity contribution in [3.8, 4) is 23.6 Å². The lowest BCUT2D eigenvalue weighted by atomic mass is 9.88. The first-order valence-corrected chi connectivity index (χ1v) is 30.2. The third kappa shape index (κ3) is 20.5. The topological polar surface area (TPSA) is 276 Å². The van der Waals surface area contributed by atoms with Gasteiger partial charge in [-0.15, -0.1) is 0 Å². The first-order valence-electron chi connectivity index (χ1n) is 27.4. The number of carbonyl (C=O) groups is 2. The van der Waals surface area contributed by atoms with E-state index in [-0.39, 0.29) is 80.5 Å². The summed E-state index contributed by atoms with van der Waals surface area (Å²) >= 11 is 0. The highest BCUT2D eigenvalue weighted by atomic mass is 32.2. The van der Waals surface area contributed by atoms with Crippen LogP contribution in [0.3, 0.4) is 0 Å². The number of alkyl carbamates (subject to hydrolysis) is 2. The van der Waals surface area contributed by atoms with Gasteiger partial charge in [-0.1, -0.05) is 88.4 Å². The number of benzene rings is 4. The minimum Gasteiger partial charge on any atom is -0.497 e. The molecule has 0 radical (unpaired) electrons. The van der Waals surface area contributed by atoms with Gasteiger partial charge in [0.15, 0.2) is 6.29 Å². The van der Waals surface area contributed by atoms with Crippen molar-refractivity contribution in [2.24, 2.45) is 16.7 Å². The number of fused-ring (bicyclic) bond motifs is 1. The van der Waals surface area contributed by atoms with Crippen molar-refractivity contribution in [3.05, 3.63) is 120 Å². The summed E-state index contributed by atoms with van der Waals surface area (Å²) in [7, 11) is -5.15. The molecule has 82 heavy (non-hydrogen) atoms. The lowest BCUT2D eigenvalue weighted by Gasteiger charge is -2.35. The zero-order valence-electron chi connectivity index (χ0n) is 48.5. The van der Waals surface area contributed by atoms with Crippen LogP contribution in [-0.2, 0) is 51.8 Å². The number of sulfonamides is 2. The molecule has 4 aromatic carbocycles. The molecule has 2 saturated heterocycles. The SMILES string of the molecule is COc1ccc(S(=O)(=O)N(CC(O)[C@H](Cc2ccccc2)NC(=O)OC(C)(C)C)CC(C)(C)CCC#N)cc1.COc1ccc(S(=O)(=O)N(CC(O)[C@H](Cc2ccccc2)NC(=O)OC2COC3OCCC23)CC(C)(C)CCC#N)cc1. The van der Waals surface area contributed by atoms with Crippen molar-refractivity contribution in [1.29, 1.82) is 10.5 Å². The molecule has 20 nitrogen and oxygen atoms in total. The van der Waals surface area contributed by atoms with E-state index >= 15 is 0 Å². The molecular weight excluding hydrogens is 1090 g/mol. The molecule has 0 aromatic heterocycles. The van der Waals surface area contributed by atoms with Gasteiger partial charge in [-0.05, 0) is 123 Å². The third-order valence-electron chi connectivity index (χ3n) is 14.0. The van der Waals surface area contributed by atoms with Crippen LogP contribution in [0.15, 0.2) is 119 Å². The minimum absolute atomic E-state index is 0.0399. The number of aliphatic hydroxyl groups is 2. The Morgan fingerprint density at radius 3 is 1.45 bits per heavy atom. The second-order valence-corrected chi connectivity index (χ2v) is 27.0. The number of amides is 2. The van der Waals surface area contributed by atoms with E-state index in [1.165, 1.54) is 47.1 Å². The second kappa shape index (κ2) is 30.3. The van der Waals surface area contributed by atoms with Gasteiger partial charge < -0.3 is 49.3 Å². The van der Waals surface area contributed by atoms with Crippen LogP contribution in [0.1, 0.15) is 91.7 Å². The number of aliphatic hydroxyl groups excluding tert-OH is 2. The maximum atomic E-state index is 13.9. The van der Waals surface area contributed by atoms with Crippen LogP contribution in [0.2, 0.25) is 0 Å². The van der Waals surface area contributed by atoms with Gasteiger partial charge in [0.2, 0.25) is 20.0 Å². The predicted octanol–water partition coefficient (Wildman–Crippen LogP) is 7.99. The summed E-state index contributed by atoms with van der Waals surface area (Å²) in [4.78, 5) is 25.8. The Kier molecular flexibility index (Phi) is 24.5. The number of carbonyl (C=O) groups excluding carboxylic acids is 2. The molecule has 4 aromatic rings. The molecule has 0 saturated carbocycles. The molecule has 2 fully saturated rings. The van der Waals surface area contributed by atoms with Gasteiger partial charge in [-0.3, -0.25) is 0 Å². The van der Waals surface area contributed by atoms with E-state index in [1.54, 1.807) is 45.0 Å². The van der Waals surface area contributed by atoms with Crippen molar-refractivity contribution < 1.29 is 65.1 Å². The first-order chi connectivity index (χ1) is 38.7. The van der Waals surface area contributed by atoms with Gasteiger partial charge in [0.1, 0.15) is 23.2 Å². The highest BCUT2D eigenvalue weighted by Crippen LogP contribution is 2.34. The number of hydrogen-bond acceptors (Lipinski definition) is 16. The molecule has 2 heterocycles. The Labute approximate surface area is 484 Å². The molecule has 448 valence electrons. The van der Waals surface area contributed by atoms with Crippen molar-refractivity contribution >= 4 is 32.2 Å². The standard InChI is InChI=1S/C31H41N3O8S.C29H41N3O6S/c1-31(2,15-7-16-32)21-34(43(37,38)24-12-10-23(39-3)11-13-24)19-27(35)26(18-22-8-5-4-6-9-22)33-30(36)42-28-20-41-29-25(28)14-17-40-29;1-28(2,3)38-27(34)31-25(19-22-11-8-7-9-12-22)26(33)20-32(21-29(4,5)17-10-18-30)39(35,36)24-15-13-23(37-6)14-16-24/h4-6,8-13,25-29,35H,7,14-15,17-21H2,1-3H3,(H,33,36);7-9,11-16,25-26,33H,10,17,19-21H2,1-6H3,(H,31,34)/t25?,26-,27?,28?,29?;25-,26?/m00/s1. The van der Waals surface area contributed by atoms with Gasteiger partial charge >= 0.3 is 12.2 Å². The monoisotopic (exact) mass is 1170 g/mol. The van der Waals surface area contributed by atoms with Crippen LogP contribution < -0.4 is 20.1 Å². The highest BCUT2D eigenvalue weighted by molar-refractivity contribution is 7.89. The molecule has 22 heteroatoms. The largest absolute Gasteiger partial charge is 0.497 e. The van der Waals surface area contributed by atoms with Gasteiger partial charge in [0, 0.05) is 39.0 Å². The van der Waals surface area contributed by atoms with E-state index < -0.39 is 79.1 Å². The molecule has 2 aliphatic heterocycles. The molecule has 0 bridgehead atoms. The Hall–Kier alpha value is -6.34. The van der Waals surface area contributed by atoms with Crippen LogP contribution in [0.4, 0.5) is 9.59 Å². The van der Waals surface area contributed by atoms with Gasteiger partial charge in [0.25, 0.3) is 0 Å². The lowest BCUT2D eigenvalue weighted by molar-refractivity contribution is -0.0907. The predicted molar refractivity (Wildman–Crippen MR) is 307 cm³/mol. The zero-order valence-corrected chi connectivity index (χ0v) is 50.2. The number of nitrogens with zero attached hydrogens (tertiary/aromatic N) is 4. The van der Waals surface area contributed by atoms with E-state index in [9.17, 15) is 36.6 Å². The third-order valence-corrected chi connectivity index (χ3v) is 17.6. The fraction of sp³-hybridized carbons (Fsp3) is 0.533. The fourth-order valence-electron chi connectivity index (χ4n) is 9.49. The van der Waals surface area contributed by atoms with Crippen molar-refractivity contribution in [2.45, 2.75) is 145 Å². The number of methoxy groups -OCH3 is 2. The lowest BCUT2D eigenvalue weighted by Crippen LogP contribution is -2.52. The molecular formula is C60H82N6O14S2. The van der Waals surface area contributed by atoms with Gasteiger partial charge in [-0.2, -0.15) is 19.1 Å².